The van der Waals surface area contributed by atoms with Gasteiger partial charge in [0.1, 0.15) is 12.2 Å². The van der Waals surface area contributed by atoms with Gasteiger partial charge in [0.15, 0.2) is 6.23 Å². The lowest BCUT2D eigenvalue weighted by Crippen LogP contribution is -2.44. The molecule has 8 heteroatoms. The first-order chi connectivity index (χ1) is 8.58. The summed E-state index contributed by atoms with van der Waals surface area (Å²) >= 11 is 0. The first kappa shape index (κ1) is 13.0. The van der Waals surface area contributed by atoms with E-state index >= 15 is 0 Å². The number of aliphatic hydroxyl groups is 2. The number of nitrogens with one attached hydrogen (secondary N) is 2. The fraction of sp³-hybridized carbons (Fsp3) is 0.600. The van der Waals surface area contributed by atoms with Gasteiger partial charge >= 0.3 is 5.69 Å². The second-order valence-electron chi connectivity index (χ2n) is 4.07. The van der Waals surface area contributed by atoms with Crippen molar-refractivity contribution in [1.29, 1.82) is 0 Å². The molecule has 100 valence electrons. The van der Waals surface area contributed by atoms with Crippen LogP contribution in [0.3, 0.4) is 0 Å². The number of aliphatic hydroxyl groups excluding tert-OH is 2. The van der Waals surface area contributed by atoms with E-state index < -0.39 is 35.7 Å². The van der Waals surface area contributed by atoms with Crippen molar-refractivity contribution in [3.05, 3.63) is 33.1 Å². The maximum absolute atomic E-state index is 11.6. The van der Waals surface area contributed by atoms with Gasteiger partial charge in [0, 0.05) is 12.3 Å². The molecule has 2 heterocycles. The third-order valence-corrected chi connectivity index (χ3v) is 3.01. The standard InChI is InChI=1S/C10H15N3O5/c1-11-7-8(16)5(4-14)18-9(7)13-3-2-6(15)12-10(13)17/h2-3,5,7-9,11,14,16H,4H2,1H3,(H,12,15,17). The molecule has 4 atom stereocenters. The number of H-pyrrole nitrogens is 1. The van der Waals surface area contributed by atoms with Crippen molar-refractivity contribution >= 4 is 0 Å². The minimum Gasteiger partial charge on any atom is -0.394 e. The monoisotopic (exact) mass is 257 g/mol. The second kappa shape index (κ2) is 5.02. The molecular formula is C10H15N3O5. The van der Waals surface area contributed by atoms with Crippen LogP contribution in [-0.2, 0) is 4.74 Å². The van der Waals surface area contributed by atoms with Gasteiger partial charge in [-0.3, -0.25) is 14.3 Å². The van der Waals surface area contributed by atoms with Crippen LogP contribution in [0.4, 0.5) is 0 Å². The summed E-state index contributed by atoms with van der Waals surface area (Å²) in [5.74, 6) is 0. The highest BCUT2D eigenvalue weighted by atomic mass is 16.5. The van der Waals surface area contributed by atoms with Crippen LogP contribution in [0.15, 0.2) is 21.9 Å². The van der Waals surface area contributed by atoms with Gasteiger partial charge < -0.3 is 20.3 Å². The molecule has 1 fully saturated rings. The number of hydrogen-bond donors (Lipinski definition) is 4. The lowest BCUT2D eigenvalue weighted by Gasteiger charge is -2.20. The summed E-state index contributed by atoms with van der Waals surface area (Å²) in [4.78, 5) is 24.7. The number of likely N-dealkylation sites (N-methyl/N-ethyl adjacent to an activating group) is 1. The molecule has 1 aliphatic heterocycles. The molecule has 0 aromatic carbocycles. The Hall–Kier alpha value is -1.48. The topological polar surface area (TPSA) is 117 Å². The Morgan fingerprint density at radius 3 is 2.83 bits per heavy atom. The highest BCUT2D eigenvalue weighted by Crippen LogP contribution is 2.27. The van der Waals surface area contributed by atoms with Crippen LogP contribution in [0.5, 0.6) is 0 Å². The Morgan fingerprint density at radius 2 is 2.28 bits per heavy atom. The molecule has 0 saturated carbocycles. The zero-order valence-electron chi connectivity index (χ0n) is 9.74. The normalized spacial score (nSPS) is 31.7. The van der Waals surface area contributed by atoms with Crippen molar-refractivity contribution in [2.75, 3.05) is 13.7 Å². The minimum atomic E-state index is -0.941. The van der Waals surface area contributed by atoms with Crippen LogP contribution in [0.25, 0.3) is 0 Å². The van der Waals surface area contributed by atoms with Crippen molar-refractivity contribution in [3.8, 4) is 0 Å². The van der Waals surface area contributed by atoms with Gasteiger partial charge in [-0.25, -0.2) is 4.79 Å². The quantitative estimate of drug-likeness (QED) is 0.471. The van der Waals surface area contributed by atoms with Gasteiger partial charge in [-0.15, -0.1) is 0 Å². The SMILES string of the molecule is CNC1C(O)C(CO)OC1n1ccc(=O)[nH]c1=O. The lowest BCUT2D eigenvalue weighted by atomic mass is 10.1. The van der Waals surface area contributed by atoms with E-state index in [2.05, 4.69) is 10.3 Å². The number of aromatic amines is 1. The summed E-state index contributed by atoms with van der Waals surface area (Å²) in [6.07, 6.45) is -1.20. The molecule has 2 rings (SSSR count). The number of rotatable bonds is 3. The summed E-state index contributed by atoms with van der Waals surface area (Å²) in [6.45, 7) is -0.353. The number of aromatic nitrogens is 2. The predicted octanol–water partition coefficient (Wildman–Crippen LogP) is -2.62. The molecule has 0 radical (unpaired) electrons. The molecule has 0 amide bonds. The predicted molar refractivity (Wildman–Crippen MR) is 61.2 cm³/mol. The summed E-state index contributed by atoms with van der Waals surface area (Å²) in [7, 11) is 1.61. The molecule has 0 spiro atoms. The minimum absolute atomic E-state index is 0.353. The van der Waals surface area contributed by atoms with E-state index in [1.54, 1.807) is 7.05 Å². The highest BCUT2D eigenvalue weighted by molar-refractivity contribution is 4.96. The van der Waals surface area contributed by atoms with Crippen molar-refractivity contribution in [3.63, 3.8) is 0 Å². The number of hydrogen-bond acceptors (Lipinski definition) is 6. The van der Waals surface area contributed by atoms with Crippen LogP contribution >= 0.6 is 0 Å². The lowest BCUT2D eigenvalue weighted by molar-refractivity contribution is -0.0469. The van der Waals surface area contributed by atoms with E-state index in [1.165, 1.54) is 16.8 Å². The fourth-order valence-electron chi connectivity index (χ4n) is 2.07. The van der Waals surface area contributed by atoms with Crippen molar-refractivity contribution in [2.24, 2.45) is 0 Å². The van der Waals surface area contributed by atoms with Crippen LogP contribution in [0, 0.1) is 0 Å². The highest BCUT2D eigenvalue weighted by Gasteiger charge is 2.43. The molecule has 18 heavy (non-hydrogen) atoms. The molecule has 8 nitrogen and oxygen atoms in total. The Bertz CT molecular complexity index is 525. The van der Waals surface area contributed by atoms with E-state index in [4.69, 9.17) is 9.84 Å². The molecule has 0 aliphatic carbocycles. The maximum Gasteiger partial charge on any atom is 0.330 e. The van der Waals surface area contributed by atoms with E-state index in [0.29, 0.717) is 0 Å². The zero-order valence-corrected chi connectivity index (χ0v) is 9.74. The Labute approximate surface area is 102 Å². The zero-order chi connectivity index (χ0) is 13.3. The third-order valence-electron chi connectivity index (χ3n) is 3.01. The Kier molecular flexibility index (Phi) is 3.62. The second-order valence-corrected chi connectivity index (χ2v) is 4.07. The number of nitrogens with zero attached hydrogens (tertiary/aromatic N) is 1. The van der Waals surface area contributed by atoms with Crippen LogP contribution in [-0.4, -0.2) is 51.7 Å². The molecule has 1 aromatic rings. The van der Waals surface area contributed by atoms with E-state index in [0.717, 1.165) is 0 Å². The van der Waals surface area contributed by atoms with Gasteiger partial charge in [-0.2, -0.15) is 0 Å². The van der Waals surface area contributed by atoms with Gasteiger partial charge in [0.25, 0.3) is 5.56 Å². The van der Waals surface area contributed by atoms with Crippen LogP contribution in [0.2, 0.25) is 0 Å². The summed E-state index contributed by atoms with van der Waals surface area (Å²) in [5, 5.41) is 21.8. The van der Waals surface area contributed by atoms with E-state index in [1.807, 2.05) is 0 Å². The van der Waals surface area contributed by atoms with E-state index in [-0.39, 0.29) is 6.61 Å². The Balaban J connectivity index is 2.38. The van der Waals surface area contributed by atoms with Crippen LogP contribution < -0.4 is 16.6 Å². The average molecular weight is 257 g/mol. The first-order valence-corrected chi connectivity index (χ1v) is 5.51. The largest absolute Gasteiger partial charge is 0.394 e. The third kappa shape index (κ3) is 2.10. The maximum atomic E-state index is 11.6. The Morgan fingerprint density at radius 1 is 1.56 bits per heavy atom. The van der Waals surface area contributed by atoms with Gasteiger partial charge in [-0.1, -0.05) is 0 Å². The van der Waals surface area contributed by atoms with Crippen molar-refractivity contribution < 1.29 is 14.9 Å². The molecule has 1 aromatic heterocycles. The smallest absolute Gasteiger partial charge is 0.330 e. The fourth-order valence-corrected chi connectivity index (χ4v) is 2.07. The summed E-state index contributed by atoms with van der Waals surface area (Å²) in [5.41, 5.74) is -1.13. The van der Waals surface area contributed by atoms with Crippen LogP contribution in [0.1, 0.15) is 6.23 Å². The molecule has 1 saturated heterocycles. The van der Waals surface area contributed by atoms with Crippen molar-refractivity contribution in [2.45, 2.75) is 24.5 Å². The molecule has 1 aliphatic rings. The van der Waals surface area contributed by atoms with Gasteiger partial charge in [-0.05, 0) is 7.05 Å². The summed E-state index contributed by atoms with van der Waals surface area (Å²) in [6, 6.07) is 0.640. The molecule has 4 N–H and O–H groups in total. The average Bonchev–Trinajstić information content (AvgIpc) is 2.65. The number of ether oxygens (including phenoxy) is 1. The summed E-state index contributed by atoms with van der Waals surface area (Å²) < 4.78 is 6.58. The van der Waals surface area contributed by atoms with E-state index in [9.17, 15) is 14.7 Å². The molecular weight excluding hydrogens is 242 g/mol. The molecule has 0 bridgehead atoms. The molecule has 4 unspecified atom stereocenters. The van der Waals surface area contributed by atoms with Gasteiger partial charge in [0.05, 0.1) is 12.6 Å². The first-order valence-electron chi connectivity index (χ1n) is 5.51. The van der Waals surface area contributed by atoms with Gasteiger partial charge in [0.2, 0.25) is 0 Å². The van der Waals surface area contributed by atoms with Crippen molar-refractivity contribution in [1.82, 2.24) is 14.9 Å².